The number of ether oxygens (including phenoxy) is 5. The van der Waals surface area contributed by atoms with Crippen LogP contribution in [0.3, 0.4) is 0 Å². The van der Waals surface area contributed by atoms with E-state index < -0.39 is 30.1 Å². The summed E-state index contributed by atoms with van der Waals surface area (Å²) in [5, 5.41) is 0. The highest BCUT2D eigenvalue weighted by Crippen LogP contribution is 2.41. The molecule has 0 aliphatic rings. The fraction of sp³-hybridized carbons (Fsp3) is 0.444. The molecule has 11 heteroatoms. The van der Waals surface area contributed by atoms with E-state index in [0.29, 0.717) is 11.5 Å². The van der Waals surface area contributed by atoms with Gasteiger partial charge in [-0.1, -0.05) is 26.0 Å². The number of hydrogen-bond acceptors (Lipinski definition) is 8. The van der Waals surface area contributed by atoms with Crippen LogP contribution in [0.25, 0.3) is 0 Å². The number of rotatable bonds is 13. The fourth-order valence-corrected chi connectivity index (χ4v) is 5.03. The highest BCUT2D eigenvalue weighted by atomic mass is 79.9. The monoisotopic (exact) mass is 676 g/mol. The van der Waals surface area contributed by atoms with Crippen molar-refractivity contribution in [3.63, 3.8) is 0 Å². The van der Waals surface area contributed by atoms with E-state index >= 15 is 0 Å². The lowest BCUT2D eigenvalue weighted by molar-refractivity contribution is -0.158. The van der Waals surface area contributed by atoms with Gasteiger partial charge < -0.3 is 23.7 Å². The molecular formula is C27H31Br2ClO8. The maximum absolute atomic E-state index is 11.3. The summed E-state index contributed by atoms with van der Waals surface area (Å²) in [6.45, 7) is 8.16. The molecule has 38 heavy (non-hydrogen) atoms. The number of alkyl halides is 1. The van der Waals surface area contributed by atoms with Crippen LogP contribution in [0.15, 0.2) is 45.3 Å². The van der Waals surface area contributed by atoms with Gasteiger partial charge in [0.2, 0.25) is 0 Å². The Labute approximate surface area is 244 Å². The highest BCUT2D eigenvalue weighted by molar-refractivity contribution is 9.11. The summed E-state index contributed by atoms with van der Waals surface area (Å²) in [6.07, 6.45) is -1.27. The SMILES string of the molecule is CC(=O)OC[C@H](COc1ccc(C(C)(C)c2cc(Br)c(OC[C@H](CCl)OC(C)=O)c(Br)c2)cc1)OC(C)=O. The van der Waals surface area contributed by atoms with E-state index in [1.807, 2.05) is 36.4 Å². The second-order valence-electron chi connectivity index (χ2n) is 8.96. The third-order valence-corrected chi connectivity index (χ3v) is 6.98. The molecule has 0 heterocycles. The van der Waals surface area contributed by atoms with Gasteiger partial charge in [0.1, 0.15) is 37.4 Å². The molecule has 0 aromatic heterocycles. The summed E-state index contributed by atoms with van der Waals surface area (Å²) in [5.74, 6) is -0.0927. The average Bonchev–Trinajstić information content (AvgIpc) is 2.83. The summed E-state index contributed by atoms with van der Waals surface area (Å²) in [5.41, 5.74) is 1.67. The van der Waals surface area contributed by atoms with E-state index in [2.05, 4.69) is 45.7 Å². The Kier molecular flexibility index (Phi) is 12.4. The number of hydrogen-bond donors (Lipinski definition) is 0. The molecule has 0 fully saturated rings. The van der Waals surface area contributed by atoms with Crippen LogP contribution in [0.5, 0.6) is 11.5 Å². The second-order valence-corrected chi connectivity index (χ2v) is 11.0. The predicted molar refractivity (Wildman–Crippen MR) is 150 cm³/mol. The Morgan fingerprint density at radius 1 is 0.789 bits per heavy atom. The van der Waals surface area contributed by atoms with E-state index in [9.17, 15) is 14.4 Å². The number of esters is 3. The van der Waals surface area contributed by atoms with Crippen LogP contribution in [0.1, 0.15) is 45.7 Å². The summed E-state index contributed by atoms with van der Waals surface area (Å²) >= 11 is 13.0. The molecule has 208 valence electrons. The van der Waals surface area contributed by atoms with Gasteiger partial charge in [-0.05, 0) is 67.3 Å². The summed E-state index contributed by atoms with van der Waals surface area (Å²) in [7, 11) is 0. The van der Waals surface area contributed by atoms with Gasteiger partial charge in [0.25, 0.3) is 0 Å². The number of benzene rings is 2. The molecule has 0 N–H and O–H groups in total. The number of carbonyl (C=O) groups is 3. The smallest absolute Gasteiger partial charge is 0.303 e. The molecule has 0 saturated heterocycles. The van der Waals surface area contributed by atoms with E-state index in [4.69, 9.17) is 35.3 Å². The van der Waals surface area contributed by atoms with Crippen molar-refractivity contribution in [2.45, 2.75) is 52.2 Å². The van der Waals surface area contributed by atoms with Gasteiger partial charge >= 0.3 is 17.9 Å². The van der Waals surface area contributed by atoms with Crippen LogP contribution < -0.4 is 9.47 Å². The van der Waals surface area contributed by atoms with Crippen LogP contribution in [-0.2, 0) is 34.0 Å². The maximum atomic E-state index is 11.3. The van der Waals surface area contributed by atoms with E-state index in [1.54, 1.807) is 0 Å². The van der Waals surface area contributed by atoms with Gasteiger partial charge in [0, 0.05) is 26.2 Å². The zero-order valence-corrected chi connectivity index (χ0v) is 25.8. The van der Waals surface area contributed by atoms with Crippen molar-refractivity contribution < 1.29 is 38.1 Å². The first-order valence-corrected chi connectivity index (χ1v) is 13.8. The third kappa shape index (κ3) is 9.78. The lowest BCUT2D eigenvalue weighted by Gasteiger charge is -2.28. The van der Waals surface area contributed by atoms with Crippen LogP contribution >= 0.6 is 43.5 Å². The van der Waals surface area contributed by atoms with Crippen LogP contribution in [0.2, 0.25) is 0 Å². The molecule has 8 nitrogen and oxygen atoms in total. The first kappa shape index (κ1) is 31.9. The average molecular weight is 679 g/mol. The quantitative estimate of drug-likeness (QED) is 0.146. The normalized spacial score (nSPS) is 12.7. The van der Waals surface area contributed by atoms with E-state index in [1.165, 1.54) is 20.8 Å². The first-order chi connectivity index (χ1) is 17.8. The number of carbonyl (C=O) groups excluding carboxylic acids is 3. The molecule has 2 atom stereocenters. The Hall–Kier alpha value is -2.30. The van der Waals surface area contributed by atoms with Gasteiger partial charge in [-0.15, -0.1) is 11.6 Å². The lowest BCUT2D eigenvalue weighted by Crippen LogP contribution is -2.29. The van der Waals surface area contributed by atoms with Crippen molar-refractivity contribution in [2.24, 2.45) is 0 Å². The molecule has 2 rings (SSSR count). The zero-order chi connectivity index (χ0) is 28.5. The molecule has 0 aliphatic heterocycles. The van der Waals surface area contributed by atoms with Crippen molar-refractivity contribution >= 4 is 61.4 Å². The van der Waals surface area contributed by atoms with Crippen LogP contribution in [0, 0.1) is 0 Å². The Bertz CT molecular complexity index is 1100. The van der Waals surface area contributed by atoms with E-state index in [-0.39, 0.29) is 31.1 Å². The lowest BCUT2D eigenvalue weighted by atomic mass is 9.78. The molecule has 2 aromatic carbocycles. The molecule has 0 aliphatic carbocycles. The largest absolute Gasteiger partial charge is 0.490 e. The molecule has 0 saturated carbocycles. The van der Waals surface area contributed by atoms with Gasteiger partial charge in [-0.25, -0.2) is 0 Å². The zero-order valence-electron chi connectivity index (χ0n) is 21.8. The molecule has 0 unspecified atom stereocenters. The van der Waals surface area contributed by atoms with Crippen LogP contribution in [-0.4, -0.2) is 55.8 Å². The van der Waals surface area contributed by atoms with Gasteiger partial charge in [-0.3, -0.25) is 14.4 Å². The van der Waals surface area contributed by atoms with Crippen molar-refractivity contribution in [3.8, 4) is 11.5 Å². The van der Waals surface area contributed by atoms with Crippen molar-refractivity contribution in [1.29, 1.82) is 0 Å². The molecule has 0 bridgehead atoms. The van der Waals surface area contributed by atoms with Gasteiger partial charge in [-0.2, -0.15) is 0 Å². The Balaban J connectivity index is 2.12. The van der Waals surface area contributed by atoms with Crippen molar-refractivity contribution in [2.75, 3.05) is 25.7 Å². The standard InChI is InChI=1S/C27H31Br2ClO8/c1-16(31)34-14-23(38-18(3)33)15-35-21-8-6-19(7-9-21)27(4,5)20-10-24(28)26(25(29)11-20)36-13-22(12-30)37-17(2)32/h6-11,22-23H,12-15H2,1-5H3/t22-,23+/m0/s1. The summed E-state index contributed by atoms with van der Waals surface area (Å²) in [6, 6.07) is 11.5. The molecule has 0 radical (unpaired) electrons. The predicted octanol–water partition coefficient (Wildman–Crippen LogP) is 5.96. The molecular weight excluding hydrogens is 648 g/mol. The number of halogens is 3. The Morgan fingerprint density at radius 2 is 1.32 bits per heavy atom. The molecule has 0 spiro atoms. The minimum atomic E-state index is -0.711. The van der Waals surface area contributed by atoms with Crippen molar-refractivity contribution in [3.05, 3.63) is 56.5 Å². The molecule has 2 aromatic rings. The minimum absolute atomic E-state index is 0.0407. The third-order valence-electron chi connectivity index (χ3n) is 5.46. The molecule has 0 amide bonds. The van der Waals surface area contributed by atoms with Crippen LogP contribution in [0.4, 0.5) is 0 Å². The van der Waals surface area contributed by atoms with Gasteiger partial charge in [0.05, 0.1) is 14.8 Å². The summed E-state index contributed by atoms with van der Waals surface area (Å²) < 4.78 is 28.3. The Morgan fingerprint density at radius 3 is 1.82 bits per heavy atom. The minimum Gasteiger partial charge on any atom is -0.490 e. The fourth-order valence-electron chi connectivity index (χ4n) is 3.46. The highest BCUT2D eigenvalue weighted by Gasteiger charge is 2.26. The second kappa shape index (κ2) is 14.7. The first-order valence-electron chi connectivity index (χ1n) is 11.7. The topological polar surface area (TPSA) is 97.4 Å². The van der Waals surface area contributed by atoms with Crippen molar-refractivity contribution in [1.82, 2.24) is 0 Å². The maximum Gasteiger partial charge on any atom is 0.303 e. The van der Waals surface area contributed by atoms with E-state index in [0.717, 1.165) is 20.1 Å². The summed E-state index contributed by atoms with van der Waals surface area (Å²) in [4.78, 5) is 33.6. The van der Waals surface area contributed by atoms with Gasteiger partial charge in [0.15, 0.2) is 6.10 Å².